The summed E-state index contributed by atoms with van der Waals surface area (Å²) in [6.45, 7) is 1.23. The van der Waals surface area contributed by atoms with Crippen LogP contribution in [0.4, 0.5) is 0 Å². The summed E-state index contributed by atoms with van der Waals surface area (Å²) < 4.78 is 5.47. The molecule has 9 nitrogen and oxygen atoms in total. The number of amidine groups is 1. The van der Waals surface area contributed by atoms with Crippen LogP contribution in [0.3, 0.4) is 0 Å². The van der Waals surface area contributed by atoms with Gasteiger partial charge < -0.3 is 25.8 Å². The van der Waals surface area contributed by atoms with Crippen LogP contribution in [0, 0.1) is 5.92 Å². The van der Waals surface area contributed by atoms with Crippen LogP contribution in [-0.2, 0) is 9.53 Å². The number of aliphatic imine (C=N–C) groups is 2. The lowest BCUT2D eigenvalue weighted by atomic mass is 9.89. The van der Waals surface area contributed by atoms with Crippen LogP contribution in [-0.4, -0.2) is 64.0 Å². The molecule has 114 valence electrons. The largest absolute Gasteiger partial charge is 0.394 e. The van der Waals surface area contributed by atoms with Crippen molar-refractivity contribution in [1.29, 1.82) is 0 Å². The first-order valence-electron chi connectivity index (χ1n) is 6.50. The van der Waals surface area contributed by atoms with E-state index in [1.807, 2.05) is 0 Å². The number of rotatable bonds is 2. The van der Waals surface area contributed by atoms with Gasteiger partial charge in [0.05, 0.1) is 6.61 Å². The molecule has 3 heterocycles. The summed E-state index contributed by atoms with van der Waals surface area (Å²) in [5.41, 5.74) is 6.40. The summed E-state index contributed by atoms with van der Waals surface area (Å²) in [5.74, 6) is -1.01. The normalized spacial score (nSPS) is 39.0. The summed E-state index contributed by atoms with van der Waals surface area (Å²) in [7, 11) is 0. The molecule has 5 atom stereocenters. The Kier molecular flexibility index (Phi) is 3.29. The second kappa shape index (κ2) is 4.88. The van der Waals surface area contributed by atoms with Gasteiger partial charge in [-0.25, -0.2) is 4.99 Å². The molecule has 0 aromatic rings. The minimum absolute atomic E-state index is 0.0368. The van der Waals surface area contributed by atoms with E-state index in [0.29, 0.717) is 11.3 Å². The number of carbonyl (C=O) groups excluding carboxylic acids is 1. The van der Waals surface area contributed by atoms with Crippen molar-refractivity contribution in [3.05, 3.63) is 11.3 Å². The molecule has 3 aliphatic rings. The van der Waals surface area contributed by atoms with Gasteiger partial charge in [-0.3, -0.25) is 10.1 Å². The fraction of sp³-hybridized carbons (Fsp3) is 0.583. The van der Waals surface area contributed by atoms with Gasteiger partial charge in [0.25, 0.3) is 0 Å². The highest BCUT2D eigenvalue weighted by molar-refractivity contribution is 6.19. The lowest BCUT2D eigenvalue weighted by molar-refractivity contribution is -0.121. The van der Waals surface area contributed by atoms with Crippen molar-refractivity contribution in [1.82, 2.24) is 5.32 Å². The third-order valence-electron chi connectivity index (χ3n) is 3.87. The van der Waals surface area contributed by atoms with E-state index in [1.54, 1.807) is 6.92 Å². The van der Waals surface area contributed by atoms with Crippen molar-refractivity contribution < 1.29 is 24.9 Å². The van der Waals surface area contributed by atoms with Gasteiger partial charge in [0.2, 0.25) is 11.9 Å². The molecule has 1 amide bonds. The quantitative estimate of drug-likeness (QED) is 0.372. The second-order valence-electron chi connectivity index (χ2n) is 5.19. The third kappa shape index (κ3) is 2.05. The maximum absolute atomic E-state index is 12.1. The van der Waals surface area contributed by atoms with Gasteiger partial charge in [0.15, 0.2) is 0 Å². The topological polar surface area (TPSA) is 150 Å². The highest BCUT2D eigenvalue weighted by atomic mass is 16.6. The highest BCUT2D eigenvalue weighted by Gasteiger charge is 2.50. The molecule has 1 saturated heterocycles. The summed E-state index contributed by atoms with van der Waals surface area (Å²) >= 11 is 0. The van der Waals surface area contributed by atoms with Crippen LogP contribution in [0.1, 0.15) is 6.92 Å². The highest BCUT2D eigenvalue weighted by Crippen LogP contribution is 2.37. The molecule has 0 radical (unpaired) electrons. The molecule has 0 bridgehead atoms. The van der Waals surface area contributed by atoms with E-state index in [0.717, 1.165) is 0 Å². The molecule has 3 aliphatic heterocycles. The molecular formula is C12H16N4O5. The predicted molar refractivity (Wildman–Crippen MR) is 71.2 cm³/mol. The number of nitrogens with zero attached hydrogens (tertiary/aromatic N) is 2. The van der Waals surface area contributed by atoms with Crippen molar-refractivity contribution in [3.63, 3.8) is 0 Å². The van der Waals surface area contributed by atoms with Crippen molar-refractivity contribution in [2.45, 2.75) is 31.3 Å². The number of allylic oxidation sites excluding steroid dienone is 1. The van der Waals surface area contributed by atoms with Crippen LogP contribution < -0.4 is 11.1 Å². The average Bonchev–Trinajstić information content (AvgIpc) is 2.88. The number of hydrogen-bond donors (Lipinski definition) is 5. The van der Waals surface area contributed by atoms with E-state index in [1.165, 1.54) is 0 Å². The van der Waals surface area contributed by atoms with Gasteiger partial charge in [-0.1, -0.05) is 0 Å². The first-order chi connectivity index (χ1) is 9.93. The molecular weight excluding hydrogens is 280 g/mol. The Bertz CT molecular complexity index is 584. The minimum Gasteiger partial charge on any atom is -0.394 e. The SMILES string of the molecule is CC1=C([C@@H]2O[C@H](CO)[C@@H](O)[C@H]2O)C2C(=O)NC(N)=NC2=N1. The molecule has 1 fully saturated rings. The number of fused-ring (bicyclic) bond motifs is 1. The Morgan fingerprint density at radius 1 is 1.33 bits per heavy atom. The molecule has 0 aromatic heterocycles. The van der Waals surface area contributed by atoms with Gasteiger partial charge in [-0.2, -0.15) is 4.99 Å². The van der Waals surface area contributed by atoms with Gasteiger partial charge in [0.1, 0.15) is 36.2 Å². The number of ether oxygens (including phenoxy) is 1. The minimum atomic E-state index is -1.25. The molecule has 0 spiro atoms. The van der Waals surface area contributed by atoms with Gasteiger partial charge in [-0.15, -0.1) is 0 Å². The first-order valence-corrected chi connectivity index (χ1v) is 6.50. The monoisotopic (exact) mass is 296 g/mol. The Labute approximate surface area is 119 Å². The maximum atomic E-state index is 12.1. The number of hydrogen-bond acceptors (Lipinski definition) is 8. The number of aliphatic hydroxyl groups is 3. The van der Waals surface area contributed by atoms with Gasteiger partial charge in [-0.05, 0) is 6.92 Å². The summed E-state index contributed by atoms with van der Waals surface area (Å²) in [4.78, 5) is 20.3. The Morgan fingerprint density at radius 3 is 2.67 bits per heavy atom. The Morgan fingerprint density at radius 2 is 2.05 bits per heavy atom. The standard InChI is InChI=1S/C12H16N4O5/c1-3-5(9-8(19)7(18)4(2-17)21-9)6-10(14-3)15-12(13)16-11(6)20/h4,6-9,17-19H,2H2,1H3,(H3,13,14,15,16,20)/t4-,6?,7-,8-,9+/m1/s1. The van der Waals surface area contributed by atoms with E-state index in [-0.39, 0.29) is 11.8 Å². The summed E-state index contributed by atoms with van der Waals surface area (Å²) in [6.07, 6.45) is -4.32. The van der Waals surface area contributed by atoms with Crippen LogP contribution in [0.15, 0.2) is 21.3 Å². The van der Waals surface area contributed by atoms with Gasteiger partial charge >= 0.3 is 0 Å². The van der Waals surface area contributed by atoms with E-state index in [4.69, 9.17) is 15.6 Å². The fourth-order valence-electron chi connectivity index (χ4n) is 2.87. The van der Waals surface area contributed by atoms with E-state index >= 15 is 0 Å². The molecule has 0 saturated carbocycles. The van der Waals surface area contributed by atoms with Gasteiger partial charge in [0, 0.05) is 11.3 Å². The molecule has 9 heteroatoms. The Balaban J connectivity index is 1.94. The smallest absolute Gasteiger partial charge is 0.241 e. The summed E-state index contributed by atoms with van der Waals surface area (Å²) in [6, 6.07) is 0. The first kappa shape index (κ1) is 14.1. The third-order valence-corrected chi connectivity index (χ3v) is 3.87. The average molecular weight is 296 g/mol. The van der Waals surface area contributed by atoms with Crippen LogP contribution in [0.25, 0.3) is 0 Å². The maximum Gasteiger partial charge on any atom is 0.241 e. The van der Waals surface area contributed by atoms with Crippen molar-refractivity contribution >= 4 is 17.7 Å². The lowest BCUT2D eigenvalue weighted by Crippen LogP contribution is -2.49. The molecule has 0 aliphatic carbocycles. The predicted octanol–water partition coefficient (Wildman–Crippen LogP) is -2.79. The zero-order chi connectivity index (χ0) is 15.3. The van der Waals surface area contributed by atoms with Crippen LogP contribution >= 0.6 is 0 Å². The van der Waals surface area contributed by atoms with E-state index in [2.05, 4.69) is 15.3 Å². The molecule has 0 aromatic carbocycles. The zero-order valence-corrected chi connectivity index (χ0v) is 11.2. The number of amides is 1. The number of nitrogens with two attached hydrogens (primary N) is 1. The lowest BCUT2D eigenvalue weighted by Gasteiger charge is -2.24. The van der Waals surface area contributed by atoms with Crippen LogP contribution in [0.5, 0.6) is 0 Å². The molecule has 1 unspecified atom stereocenters. The molecule has 6 N–H and O–H groups in total. The van der Waals surface area contributed by atoms with Crippen LogP contribution in [0.2, 0.25) is 0 Å². The molecule has 3 rings (SSSR count). The van der Waals surface area contributed by atoms with Crippen molar-refractivity contribution in [3.8, 4) is 0 Å². The summed E-state index contributed by atoms with van der Waals surface area (Å²) in [5, 5.41) is 31.5. The number of carbonyl (C=O) groups is 1. The zero-order valence-electron chi connectivity index (χ0n) is 11.2. The Hall–Kier alpha value is -1.81. The van der Waals surface area contributed by atoms with E-state index < -0.39 is 42.8 Å². The molecule has 21 heavy (non-hydrogen) atoms. The fourth-order valence-corrected chi connectivity index (χ4v) is 2.87. The number of aliphatic hydroxyl groups excluding tert-OH is 3. The van der Waals surface area contributed by atoms with E-state index in [9.17, 15) is 15.0 Å². The van der Waals surface area contributed by atoms with Crippen molar-refractivity contribution in [2.24, 2.45) is 21.6 Å². The number of nitrogens with one attached hydrogen (secondary N) is 1. The second-order valence-corrected chi connectivity index (χ2v) is 5.19. The number of guanidine groups is 1. The van der Waals surface area contributed by atoms with Crippen molar-refractivity contribution in [2.75, 3.05) is 6.61 Å².